The third kappa shape index (κ3) is 3.55. The number of fused-ring (bicyclic) bond motifs is 1. The van der Waals surface area contributed by atoms with Crippen LogP contribution in [0.15, 0.2) is 57.5 Å². The summed E-state index contributed by atoms with van der Waals surface area (Å²) < 4.78 is 0.977. The molecule has 0 aromatic heterocycles. The molecule has 28 heavy (non-hydrogen) atoms. The largest absolute Gasteiger partial charge is 0.344 e. The lowest BCUT2D eigenvalue weighted by Gasteiger charge is -2.42. The third-order valence-corrected chi connectivity index (χ3v) is 7.18. The number of carbonyl (C=O) groups is 1. The fraction of sp³-hybridized carbons (Fsp3) is 0.238. The van der Waals surface area contributed by atoms with Crippen LogP contribution < -0.4 is 4.90 Å². The topological polar surface area (TPSA) is 47.3 Å². The summed E-state index contributed by atoms with van der Waals surface area (Å²) >= 11 is 11.2. The van der Waals surface area contributed by atoms with Crippen molar-refractivity contribution in [2.24, 2.45) is 0 Å². The second-order valence-electron chi connectivity index (χ2n) is 6.85. The van der Waals surface area contributed by atoms with Gasteiger partial charge in [-0.25, -0.2) is 0 Å². The second-order valence-corrected chi connectivity index (χ2v) is 9.11. The van der Waals surface area contributed by atoms with E-state index in [0.29, 0.717) is 29.6 Å². The van der Waals surface area contributed by atoms with Crippen LogP contribution in [0.3, 0.4) is 0 Å². The highest BCUT2D eigenvalue weighted by Crippen LogP contribution is 2.43. The van der Waals surface area contributed by atoms with E-state index in [4.69, 9.17) is 11.6 Å². The quantitative estimate of drug-likeness (QED) is 0.566. The molecule has 2 aliphatic heterocycles. The van der Waals surface area contributed by atoms with Crippen LogP contribution in [0, 0.1) is 18.3 Å². The number of nitriles is 1. The molecule has 2 heterocycles. The summed E-state index contributed by atoms with van der Waals surface area (Å²) in [6, 6.07) is 16.1. The number of allylic oxidation sites excluding steroid dienone is 1. The van der Waals surface area contributed by atoms with Crippen LogP contribution in [0.1, 0.15) is 23.5 Å². The molecule has 0 spiro atoms. The van der Waals surface area contributed by atoms with E-state index in [9.17, 15) is 10.1 Å². The van der Waals surface area contributed by atoms with E-state index in [-0.39, 0.29) is 11.8 Å². The summed E-state index contributed by atoms with van der Waals surface area (Å²) in [4.78, 5) is 16.8. The fourth-order valence-electron chi connectivity index (χ4n) is 3.48. The first-order valence-corrected chi connectivity index (χ1v) is 11.0. The van der Waals surface area contributed by atoms with E-state index in [1.807, 2.05) is 49.4 Å². The molecule has 2 aromatic carbocycles. The molecule has 0 saturated carbocycles. The predicted octanol–water partition coefficient (Wildman–Crippen LogP) is 5.63. The molecule has 1 atom stereocenters. The Hall–Kier alpha value is -1.94. The van der Waals surface area contributed by atoms with Crippen LogP contribution in [0.2, 0.25) is 5.02 Å². The Morgan fingerprint density at radius 1 is 1.25 bits per heavy atom. The van der Waals surface area contributed by atoms with Crippen molar-refractivity contribution in [1.82, 2.24) is 4.90 Å². The Balaban J connectivity index is 1.65. The predicted molar refractivity (Wildman–Crippen MR) is 117 cm³/mol. The normalized spacial score (nSPS) is 19.5. The highest BCUT2D eigenvalue weighted by molar-refractivity contribution is 9.10. The monoisotopic (exact) mass is 473 g/mol. The molecule has 2 aliphatic rings. The van der Waals surface area contributed by atoms with Gasteiger partial charge in [-0.3, -0.25) is 9.69 Å². The minimum absolute atomic E-state index is 0.0392. The maximum absolute atomic E-state index is 12.9. The van der Waals surface area contributed by atoms with E-state index in [1.165, 1.54) is 11.8 Å². The van der Waals surface area contributed by atoms with Gasteiger partial charge in [0.2, 0.25) is 5.91 Å². The van der Waals surface area contributed by atoms with Crippen LogP contribution in [0.5, 0.6) is 0 Å². The number of hydrogen-bond donors (Lipinski definition) is 0. The van der Waals surface area contributed by atoms with Gasteiger partial charge in [0.25, 0.3) is 0 Å². The molecule has 0 bridgehead atoms. The molecule has 2 aromatic rings. The maximum atomic E-state index is 12.9. The van der Waals surface area contributed by atoms with Gasteiger partial charge >= 0.3 is 0 Å². The molecule has 1 saturated heterocycles. The zero-order valence-electron chi connectivity index (χ0n) is 15.2. The molecule has 1 fully saturated rings. The molecule has 1 amide bonds. The molecule has 4 rings (SSSR count). The van der Waals surface area contributed by atoms with Gasteiger partial charge in [0, 0.05) is 27.5 Å². The lowest BCUT2D eigenvalue weighted by Crippen LogP contribution is -2.47. The molecule has 0 radical (unpaired) electrons. The van der Waals surface area contributed by atoms with Crippen LogP contribution in [-0.2, 0) is 4.79 Å². The Kier molecular flexibility index (Phi) is 5.42. The number of aryl methyl sites for hydroxylation is 1. The van der Waals surface area contributed by atoms with Gasteiger partial charge in [0.1, 0.15) is 0 Å². The number of amides is 1. The van der Waals surface area contributed by atoms with E-state index in [0.717, 1.165) is 26.3 Å². The number of halogens is 2. The number of nitrogens with zero attached hydrogens (tertiary/aromatic N) is 3. The van der Waals surface area contributed by atoms with Gasteiger partial charge in [-0.2, -0.15) is 5.26 Å². The molecular weight excluding hydrogens is 458 g/mol. The lowest BCUT2D eigenvalue weighted by molar-refractivity contribution is -0.129. The van der Waals surface area contributed by atoms with Crippen molar-refractivity contribution < 1.29 is 4.79 Å². The van der Waals surface area contributed by atoms with Gasteiger partial charge in [0.15, 0.2) is 0 Å². The maximum Gasteiger partial charge on any atom is 0.229 e. The molecule has 7 heteroatoms. The van der Waals surface area contributed by atoms with E-state index in [1.54, 1.807) is 4.90 Å². The molecule has 142 valence electrons. The minimum atomic E-state index is -0.190. The van der Waals surface area contributed by atoms with Crippen molar-refractivity contribution >= 4 is 50.9 Å². The first-order valence-electron chi connectivity index (χ1n) is 8.82. The summed E-state index contributed by atoms with van der Waals surface area (Å²) in [5.74, 6) is 0.513. The van der Waals surface area contributed by atoms with Crippen LogP contribution in [0.4, 0.5) is 5.69 Å². The summed E-state index contributed by atoms with van der Waals surface area (Å²) in [7, 11) is 0. The van der Waals surface area contributed by atoms with Gasteiger partial charge < -0.3 is 4.90 Å². The first kappa shape index (κ1) is 19.4. The number of carbonyl (C=O) groups excluding carboxylic acids is 1. The number of benzene rings is 2. The highest BCUT2D eigenvalue weighted by Gasteiger charge is 2.38. The van der Waals surface area contributed by atoms with Gasteiger partial charge in [-0.1, -0.05) is 57.5 Å². The third-order valence-electron chi connectivity index (χ3n) is 5.09. The zero-order valence-corrected chi connectivity index (χ0v) is 18.3. The van der Waals surface area contributed by atoms with Crippen molar-refractivity contribution in [1.29, 1.82) is 5.26 Å². The summed E-state index contributed by atoms with van der Waals surface area (Å²) in [5.41, 5.74) is 3.67. The Bertz CT molecular complexity index is 1020. The molecule has 0 aliphatic carbocycles. The Morgan fingerprint density at radius 2 is 2.00 bits per heavy atom. The van der Waals surface area contributed by atoms with Crippen molar-refractivity contribution in [2.45, 2.75) is 19.3 Å². The van der Waals surface area contributed by atoms with Gasteiger partial charge in [-0.15, -0.1) is 0 Å². The number of thioether (sulfide) groups is 1. The lowest BCUT2D eigenvalue weighted by atomic mass is 9.86. The average molecular weight is 475 g/mol. The summed E-state index contributed by atoms with van der Waals surface area (Å²) in [6.45, 7) is 2.40. The second kappa shape index (κ2) is 7.82. The van der Waals surface area contributed by atoms with Gasteiger partial charge in [-0.05, 0) is 42.3 Å². The summed E-state index contributed by atoms with van der Waals surface area (Å²) in [6.07, 6.45) is 0.303. The van der Waals surface area contributed by atoms with Crippen molar-refractivity contribution in [3.8, 4) is 6.07 Å². The van der Waals surface area contributed by atoms with Crippen LogP contribution in [0.25, 0.3) is 0 Å². The average Bonchev–Trinajstić information content (AvgIpc) is 2.70. The minimum Gasteiger partial charge on any atom is -0.344 e. The van der Waals surface area contributed by atoms with E-state index < -0.39 is 0 Å². The van der Waals surface area contributed by atoms with E-state index >= 15 is 0 Å². The van der Waals surface area contributed by atoms with Crippen LogP contribution >= 0.6 is 39.3 Å². The van der Waals surface area contributed by atoms with Crippen molar-refractivity contribution in [3.63, 3.8) is 0 Å². The fourth-order valence-corrected chi connectivity index (χ4v) is 5.09. The molecule has 4 nitrogen and oxygen atoms in total. The SMILES string of the molecule is Cc1ccc(N2CSC3=C(C#N)[C@H](c4ccc(Br)cc4)CC(=O)N3C2)cc1Cl. The number of hydrogen-bond acceptors (Lipinski definition) is 4. The number of anilines is 1. The van der Waals surface area contributed by atoms with Gasteiger partial charge in [0.05, 0.1) is 29.2 Å². The highest BCUT2D eigenvalue weighted by atomic mass is 79.9. The number of rotatable bonds is 2. The smallest absolute Gasteiger partial charge is 0.229 e. The van der Waals surface area contributed by atoms with E-state index in [2.05, 4.69) is 26.9 Å². The first-order chi connectivity index (χ1) is 13.5. The van der Waals surface area contributed by atoms with Crippen molar-refractivity contribution in [3.05, 3.63) is 73.7 Å². The van der Waals surface area contributed by atoms with Crippen molar-refractivity contribution in [2.75, 3.05) is 17.4 Å². The molecule has 0 unspecified atom stereocenters. The molecular formula is C21H17BrClN3OS. The zero-order chi connectivity index (χ0) is 19.8. The summed E-state index contributed by atoms with van der Waals surface area (Å²) in [5, 5.41) is 11.3. The Morgan fingerprint density at radius 3 is 2.68 bits per heavy atom. The molecule has 0 N–H and O–H groups in total. The van der Waals surface area contributed by atoms with Crippen LogP contribution in [-0.4, -0.2) is 23.4 Å². The standard InChI is InChI=1S/C21H17BrClN3OS/c1-13-2-7-16(8-19(13)23)25-11-26-20(27)9-17(14-3-5-15(22)6-4-14)18(10-24)21(26)28-12-25/h2-8,17H,9,11-12H2,1H3/t17-/m0/s1. The Labute approximate surface area is 181 Å².